The van der Waals surface area contributed by atoms with Crippen molar-refractivity contribution in [2.24, 2.45) is 15.1 Å². The van der Waals surface area contributed by atoms with Crippen molar-refractivity contribution >= 4 is 21.3 Å². The van der Waals surface area contributed by atoms with Crippen LogP contribution in [0.25, 0.3) is 0 Å². The fraction of sp³-hybridized carbons (Fsp3) is 0.500. The molecule has 2 aliphatic rings. The number of nitrogens with zero attached hydrogens (tertiary/aromatic N) is 4. The largest absolute Gasteiger partial charge is 0.485 e. The molecule has 0 saturated heterocycles. The Hall–Kier alpha value is -3.16. The molecule has 0 aromatic carbocycles. The van der Waals surface area contributed by atoms with Gasteiger partial charge in [0.15, 0.2) is 12.4 Å². The van der Waals surface area contributed by atoms with Gasteiger partial charge in [0.25, 0.3) is 0 Å². The number of halogens is 5. The first-order chi connectivity index (χ1) is 17.6. The minimum absolute atomic E-state index is 0.0730. The van der Waals surface area contributed by atoms with Gasteiger partial charge in [-0.15, -0.1) is 0 Å². The molecule has 0 bridgehead atoms. The number of hydrogen-bond acceptors (Lipinski definition) is 8. The molecule has 0 radical (unpaired) electrons. The summed E-state index contributed by atoms with van der Waals surface area (Å²) in [5.74, 6) is -5.71. The highest BCUT2D eigenvalue weighted by Gasteiger charge is 2.57. The highest BCUT2D eigenvalue weighted by atomic mass is 32.2. The van der Waals surface area contributed by atoms with E-state index < -0.39 is 55.8 Å². The number of carbonyl (C=O) groups excluding carboxylic acids is 1. The van der Waals surface area contributed by atoms with Crippen molar-refractivity contribution in [3.63, 3.8) is 0 Å². The second-order valence-electron chi connectivity index (χ2n) is 9.82. The van der Waals surface area contributed by atoms with Crippen LogP contribution < -0.4 is 10.5 Å². The monoisotopic (exact) mass is 559 g/mol. The smallest absolute Gasteiger partial charge is 0.340 e. The van der Waals surface area contributed by atoms with Gasteiger partial charge in [0, 0.05) is 12.2 Å². The van der Waals surface area contributed by atoms with E-state index in [1.54, 1.807) is 20.8 Å². The number of fused-ring (bicyclic) bond motifs is 1. The van der Waals surface area contributed by atoms with Crippen LogP contribution in [0.4, 0.5) is 22.0 Å². The number of hydrogen-bond donors (Lipinski definition) is 1. The quantitative estimate of drug-likeness (QED) is 0.387. The lowest BCUT2D eigenvalue weighted by atomic mass is 9.89. The third kappa shape index (κ3) is 4.63. The van der Waals surface area contributed by atoms with Crippen molar-refractivity contribution < 1.29 is 35.7 Å². The number of Topliss-reactive ketones (excluding diaryl/α,β-unsaturated/α-hetero) is 1. The van der Waals surface area contributed by atoms with E-state index in [1.165, 1.54) is 12.1 Å². The Bertz CT molecular complexity index is 1410. The van der Waals surface area contributed by atoms with Gasteiger partial charge in [0.2, 0.25) is 0 Å². The van der Waals surface area contributed by atoms with E-state index >= 15 is 4.39 Å². The predicted molar refractivity (Wildman–Crippen MR) is 130 cm³/mol. The van der Waals surface area contributed by atoms with Crippen LogP contribution in [0.1, 0.15) is 49.1 Å². The molecule has 0 amide bonds. The average molecular weight is 560 g/mol. The van der Waals surface area contributed by atoms with Crippen LogP contribution in [-0.4, -0.2) is 61.3 Å². The van der Waals surface area contributed by atoms with Gasteiger partial charge in [-0.3, -0.25) is 14.8 Å². The first-order valence-corrected chi connectivity index (χ1v) is 13.2. The number of ketones is 1. The summed E-state index contributed by atoms with van der Waals surface area (Å²) in [4.78, 5) is 25.6. The third-order valence-electron chi connectivity index (χ3n) is 6.89. The molecular weight excluding hydrogens is 533 g/mol. The van der Waals surface area contributed by atoms with Gasteiger partial charge < -0.3 is 10.5 Å². The van der Waals surface area contributed by atoms with Crippen LogP contribution in [-0.2, 0) is 21.7 Å². The van der Waals surface area contributed by atoms with E-state index in [1.807, 2.05) is 0 Å². The molecule has 0 fully saturated rings. The summed E-state index contributed by atoms with van der Waals surface area (Å²) in [6.45, 7) is 3.76. The Morgan fingerprint density at radius 3 is 2.58 bits per heavy atom. The van der Waals surface area contributed by atoms with Gasteiger partial charge in [0.1, 0.15) is 39.1 Å². The summed E-state index contributed by atoms with van der Waals surface area (Å²) in [5.41, 5.74) is 4.82. The van der Waals surface area contributed by atoms with E-state index in [9.17, 15) is 26.6 Å². The highest BCUT2D eigenvalue weighted by Crippen LogP contribution is 2.47. The lowest BCUT2D eigenvalue weighted by Gasteiger charge is -2.44. The molecule has 14 heteroatoms. The predicted octanol–water partition coefficient (Wildman–Crippen LogP) is 3.93. The Morgan fingerprint density at radius 2 is 1.95 bits per heavy atom. The number of alkyl halides is 4. The molecule has 2 N–H and O–H groups in total. The van der Waals surface area contributed by atoms with Crippen LogP contribution >= 0.6 is 0 Å². The number of nitrogens with two attached hydrogens (primary N) is 1. The van der Waals surface area contributed by atoms with Crippen LogP contribution in [0.5, 0.6) is 5.75 Å². The molecule has 0 aliphatic carbocycles. The lowest BCUT2D eigenvalue weighted by molar-refractivity contribution is -0.148. The summed E-state index contributed by atoms with van der Waals surface area (Å²) in [5, 5.41) is -0.642. The van der Waals surface area contributed by atoms with Gasteiger partial charge in [-0.1, -0.05) is 0 Å². The van der Waals surface area contributed by atoms with Crippen LogP contribution in [0, 0.1) is 5.82 Å². The van der Waals surface area contributed by atoms with Gasteiger partial charge in [-0.2, -0.15) is 8.78 Å². The SMILES string of the molecule is CC1(C)C(N)=N[C@](C)(c2nc(CC(=O)c3ccc(OCC(F)(F)C(F)F)cn3)ccc2F)[C@@H]2CCN=[S@@]21=O. The van der Waals surface area contributed by atoms with E-state index in [-0.39, 0.29) is 35.1 Å². The Balaban J connectivity index is 1.57. The number of rotatable bonds is 8. The Kier molecular flexibility index (Phi) is 7.00. The van der Waals surface area contributed by atoms with Crippen LogP contribution in [0.2, 0.25) is 0 Å². The first-order valence-electron chi connectivity index (χ1n) is 11.6. The fourth-order valence-electron chi connectivity index (χ4n) is 4.54. The maximum atomic E-state index is 15.1. The van der Waals surface area contributed by atoms with Crippen LogP contribution in [0.15, 0.2) is 39.8 Å². The number of carbonyl (C=O) groups is 1. The van der Waals surface area contributed by atoms with E-state index in [0.717, 1.165) is 18.3 Å². The van der Waals surface area contributed by atoms with Crippen molar-refractivity contribution in [2.75, 3.05) is 13.2 Å². The topological polar surface area (TPSA) is 120 Å². The van der Waals surface area contributed by atoms with Crippen molar-refractivity contribution in [2.45, 2.75) is 61.5 Å². The maximum absolute atomic E-state index is 15.1. The first kappa shape index (κ1) is 27.9. The molecule has 206 valence electrons. The zero-order valence-electron chi connectivity index (χ0n) is 20.8. The van der Waals surface area contributed by atoms with E-state index in [2.05, 4.69) is 24.1 Å². The molecule has 0 saturated carbocycles. The molecule has 3 atom stereocenters. The Labute approximate surface area is 216 Å². The standard InChI is InChI=1S/C24H26F5N5O3S/c1-22(2)21(30)34-23(3,18-8-9-32-38(18,22)36)19-15(25)6-4-13(33-19)10-17(35)16-7-5-14(11-31-16)37-12-24(28,29)20(26)27/h4-7,11,18,20H,8-10,12H2,1-3H3,(H2,30,34)/t18-,23-,38+/m0/s1. The molecule has 38 heavy (non-hydrogen) atoms. The van der Waals surface area contributed by atoms with Gasteiger partial charge in [0.05, 0.1) is 27.6 Å². The van der Waals surface area contributed by atoms with Crippen molar-refractivity contribution in [3.8, 4) is 5.75 Å². The van der Waals surface area contributed by atoms with Crippen molar-refractivity contribution in [1.29, 1.82) is 0 Å². The van der Waals surface area contributed by atoms with E-state index in [4.69, 9.17) is 5.73 Å². The molecule has 0 spiro atoms. The minimum Gasteiger partial charge on any atom is -0.485 e. The second kappa shape index (κ2) is 9.54. The fourth-order valence-corrected chi connectivity index (χ4v) is 7.69. The minimum atomic E-state index is -4.33. The third-order valence-corrected chi connectivity index (χ3v) is 10.6. The molecule has 2 aliphatic heterocycles. The number of amidine groups is 1. The van der Waals surface area contributed by atoms with Crippen molar-refractivity contribution in [1.82, 2.24) is 9.97 Å². The average Bonchev–Trinajstić information content (AvgIpc) is 3.28. The molecule has 4 heterocycles. The molecule has 0 unspecified atom stereocenters. The van der Waals surface area contributed by atoms with Gasteiger partial charge in [-0.05, 0) is 51.5 Å². The van der Waals surface area contributed by atoms with E-state index in [0.29, 0.717) is 13.0 Å². The number of aromatic nitrogens is 2. The number of ether oxygens (including phenoxy) is 1. The maximum Gasteiger partial charge on any atom is 0.340 e. The number of aliphatic imine (C=N–C) groups is 1. The van der Waals surface area contributed by atoms with Crippen LogP contribution in [0.3, 0.4) is 0 Å². The van der Waals surface area contributed by atoms with Gasteiger partial charge >= 0.3 is 12.3 Å². The lowest BCUT2D eigenvalue weighted by Crippen LogP contribution is -2.58. The normalized spacial score (nSPS) is 26.4. The summed E-state index contributed by atoms with van der Waals surface area (Å²) in [6.07, 6.45) is -2.82. The molecular formula is C24H26F5N5O3S. The second-order valence-corrected chi connectivity index (χ2v) is 12.8. The Morgan fingerprint density at radius 1 is 1.24 bits per heavy atom. The van der Waals surface area contributed by atoms with Gasteiger partial charge in [-0.25, -0.2) is 26.7 Å². The molecule has 4 rings (SSSR count). The molecule has 2 aromatic heterocycles. The zero-order chi connectivity index (χ0) is 28.1. The summed E-state index contributed by atoms with van der Waals surface area (Å²) < 4.78 is 87.6. The molecule has 8 nitrogen and oxygen atoms in total. The molecule has 2 aromatic rings. The number of pyridine rings is 2. The summed E-state index contributed by atoms with van der Waals surface area (Å²) in [7, 11) is -2.91. The van der Waals surface area contributed by atoms with Crippen molar-refractivity contribution in [3.05, 3.63) is 53.4 Å². The zero-order valence-corrected chi connectivity index (χ0v) is 21.6. The highest BCUT2D eigenvalue weighted by molar-refractivity contribution is 7.96. The summed E-state index contributed by atoms with van der Waals surface area (Å²) in [6, 6.07) is 4.80. The summed E-state index contributed by atoms with van der Waals surface area (Å²) >= 11 is 0.